The number of rotatable bonds is 8. The van der Waals surface area contributed by atoms with Crippen molar-refractivity contribution in [2.75, 3.05) is 12.0 Å². The Morgan fingerprint density at radius 1 is 1.38 bits per heavy atom. The van der Waals surface area contributed by atoms with E-state index in [0.29, 0.717) is 12.5 Å². The average Bonchev–Trinajstić information content (AvgIpc) is 3.34. The Bertz CT molecular complexity index is 447. The Kier molecular flexibility index (Phi) is 6.12. The normalized spacial score (nSPS) is 17.3. The summed E-state index contributed by atoms with van der Waals surface area (Å²) in [5.41, 5.74) is 7.29. The van der Waals surface area contributed by atoms with Crippen LogP contribution in [0.1, 0.15) is 31.7 Å². The lowest BCUT2D eigenvalue weighted by atomic mass is 10.1. The fourth-order valence-corrected chi connectivity index (χ4v) is 3.11. The first kappa shape index (κ1) is 16.4. The molecule has 1 aliphatic rings. The number of hydrogen-bond acceptors (Lipinski definition) is 3. The van der Waals surface area contributed by atoms with Crippen LogP contribution in [0.2, 0.25) is 0 Å². The van der Waals surface area contributed by atoms with Gasteiger partial charge in [0.1, 0.15) is 0 Å². The van der Waals surface area contributed by atoms with E-state index in [0.717, 1.165) is 12.2 Å². The van der Waals surface area contributed by atoms with Crippen molar-refractivity contribution in [2.24, 2.45) is 11.7 Å². The Morgan fingerprint density at radius 2 is 2.05 bits per heavy atom. The van der Waals surface area contributed by atoms with Crippen LogP contribution in [0.15, 0.2) is 30.3 Å². The first-order valence-electron chi connectivity index (χ1n) is 7.72. The Hall–Kier alpha value is -1.00. The van der Waals surface area contributed by atoms with E-state index in [2.05, 4.69) is 19.1 Å². The Balaban J connectivity index is 2.06. The molecule has 4 heteroatoms. The summed E-state index contributed by atoms with van der Waals surface area (Å²) in [6.45, 7) is 2.84. The molecule has 0 aliphatic heterocycles. The number of nitrogens with zero attached hydrogens (tertiary/aromatic N) is 1. The molecule has 1 saturated carbocycles. The second-order valence-corrected chi connectivity index (χ2v) is 6.90. The van der Waals surface area contributed by atoms with E-state index >= 15 is 0 Å². The summed E-state index contributed by atoms with van der Waals surface area (Å²) in [5, 5.41) is 0. The fraction of sp³-hybridized carbons (Fsp3) is 0.588. The lowest BCUT2D eigenvalue weighted by Gasteiger charge is -2.32. The van der Waals surface area contributed by atoms with Gasteiger partial charge in [-0.15, -0.1) is 0 Å². The highest BCUT2D eigenvalue weighted by molar-refractivity contribution is 7.98. The maximum atomic E-state index is 12.7. The molecule has 1 amide bonds. The highest BCUT2D eigenvalue weighted by Gasteiger charge is 2.35. The molecule has 2 rings (SSSR count). The van der Waals surface area contributed by atoms with Gasteiger partial charge in [-0.2, -0.15) is 11.8 Å². The molecule has 2 atom stereocenters. The van der Waals surface area contributed by atoms with E-state index in [1.807, 2.05) is 29.4 Å². The third kappa shape index (κ3) is 4.75. The van der Waals surface area contributed by atoms with E-state index in [4.69, 9.17) is 5.73 Å². The van der Waals surface area contributed by atoms with E-state index in [9.17, 15) is 4.79 Å². The summed E-state index contributed by atoms with van der Waals surface area (Å²) in [4.78, 5) is 14.7. The molecule has 1 aromatic rings. The van der Waals surface area contributed by atoms with Crippen molar-refractivity contribution in [2.45, 2.75) is 44.8 Å². The fourth-order valence-electron chi connectivity index (χ4n) is 2.62. The molecule has 1 fully saturated rings. The van der Waals surface area contributed by atoms with Gasteiger partial charge in [0.25, 0.3) is 0 Å². The van der Waals surface area contributed by atoms with Gasteiger partial charge >= 0.3 is 0 Å². The average molecular weight is 306 g/mol. The van der Waals surface area contributed by atoms with Gasteiger partial charge in [0.2, 0.25) is 5.91 Å². The van der Waals surface area contributed by atoms with Crippen molar-refractivity contribution < 1.29 is 4.79 Å². The first-order chi connectivity index (χ1) is 10.1. The Labute approximate surface area is 132 Å². The van der Waals surface area contributed by atoms with Crippen LogP contribution < -0.4 is 5.73 Å². The van der Waals surface area contributed by atoms with Crippen LogP contribution in [0.5, 0.6) is 0 Å². The molecule has 1 aliphatic carbocycles. The zero-order chi connectivity index (χ0) is 15.2. The molecule has 0 bridgehead atoms. The lowest BCUT2D eigenvalue weighted by Crippen LogP contribution is -2.48. The number of thioether (sulfide) groups is 1. The summed E-state index contributed by atoms with van der Waals surface area (Å²) in [6.07, 6.45) is 5.27. The van der Waals surface area contributed by atoms with Crippen molar-refractivity contribution in [3.05, 3.63) is 35.9 Å². The van der Waals surface area contributed by atoms with Crippen molar-refractivity contribution >= 4 is 17.7 Å². The first-order valence-corrected chi connectivity index (χ1v) is 9.11. The lowest BCUT2D eigenvalue weighted by molar-refractivity contribution is -0.135. The van der Waals surface area contributed by atoms with Gasteiger partial charge in [0, 0.05) is 12.6 Å². The van der Waals surface area contributed by atoms with Gasteiger partial charge < -0.3 is 10.6 Å². The van der Waals surface area contributed by atoms with Crippen LogP contribution in [-0.4, -0.2) is 34.9 Å². The topological polar surface area (TPSA) is 46.3 Å². The quantitative estimate of drug-likeness (QED) is 0.803. The van der Waals surface area contributed by atoms with Gasteiger partial charge in [-0.3, -0.25) is 4.79 Å². The van der Waals surface area contributed by atoms with Crippen molar-refractivity contribution in [3.63, 3.8) is 0 Å². The van der Waals surface area contributed by atoms with E-state index in [-0.39, 0.29) is 18.0 Å². The number of benzene rings is 1. The predicted molar refractivity (Wildman–Crippen MR) is 90.2 cm³/mol. The third-order valence-electron chi connectivity index (χ3n) is 4.22. The molecule has 0 saturated heterocycles. The summed E-state index contributed by atoms with van der Waals surface area (Å²) in [6, 6.07) is 10.1. The summed E-state index contributed by atoms with van der Waals surface area (Å²) >= 11 is 1.74. The van der Waals surface area contributed by atoms with Crippen molar-refractivity contribution in [3.8, 4) is 0 Å². The Morgan fingerprint density at radius 3 is 2.62 bits per heavy atom. The predicted octanol–water partition coefficient (Wildman–Crippen LogP) is 2.89. The molecule has 0 spiro atoms. The van der Waals surface area contributed by atoms with Crippen LogP contribution >= 0.6 is 11.8 Å². The van der Waals surface area contributed by atoms with Crippen LogP contribution in [0.25, 0.3) is 0 Å². The number of amides is 1. The monoisotopic (exact) mass is 306 g/mol. The third-order valence-corrected chi connectivity index (χ3v) is 4.87. The molecular weight excluding hydrogens is 280 g/mol. The van der Waals surface area contributed by atoms with E-state index in [1.54, 1.807) is 11.8 Å². The highest BCUT2D eigenvalue weighted by Crippen LogP contribution is 2.36. The molecule has 1 aromatic carbocycles. The molecule has 1 unspecified atom stereocenters. The molecule has 0 aromatic heterocycles. The summed E-state index contributed by atoms with van der Waals surface area (Å²) < 4.78 is 0. The second kappa shape index (κ2) is 7.85. The number of carbonyl (C=O) groups excluding carboxylic acids is 1. The summed E-state index contributed by atoms with van der Waals surface area (Å²) in [7, 11) is 0. The van der Waals surface area contributed by atoms with Crippen LogP contribution in [0.4, 0.5) is 0 Å². The smallest absolute Gasteiger partial charge is 0.240 e. The van der Waals surface area contributed by atoms with Gasteiger partial charge in [-0.25, -0.2) is 0 Å². The minimum atomic E-state index is -0.373. The van der Waals surface area contributed by atoms with Crippen LogP contribution in [0, 0.1) is 5.92 Å². The molecule has 0 radical (unpaired) electrons. The number of nitrogens with two attached hydrogens (primary N) is 1. The zero-order valence-electron chi connectivity index (χ0n) is 13.0. The number of hydrogen-bond donors (Lipinski definition) is 1. The minimum absolute atomic E-state index is 0.104. The zero-order valence-corrected chi connectivity index (χ0v) is 13.8. The van der Waals surface area contributed by atoms with Crippen LogP contribution in [0.3, 0.4) is 0 Å². The van der Waals surface area contributed by atoms with Gasteiger partial charge in [0.15, 0.2) is 0 Å². The molecular formula is C17H26N2OS. The highest BCUT2D eigenvalue weighted by atomic mass is 32.2. The molecule has 0 heterocycles. The second-order valence-electron chi connectivity index (χ2n) is 5.92. The standard InChI is InChI=1S/C17H26N2OS/c1-13(15-8-9-15)19(12-14-6-4-3-5-7-14)17(20)16(18)10-11-21-2/h3-7,13,15-16H,8-12,18H2,1-2H3/t13?,16-/m1/s1. The van der Waals surface area contributed by atoms with Crippen LogP contribution in [-0.2, 0) is 11.3 Å². The number of carbonyl (C=O) groups is 1. The minimum Gasteiger partial charge on any atom is -0.334 e. The molecule has 116 valence electrons. The van der Waals surface area contributed by atoms with Crippen molar-refractivity contribution in [1.29, 1.82) is 0 Å². The van der Waals surface area contributed by atoms with Gasteiger partial charge in [-0.1, -0.05) is 30.3 Å². The maximum Gasteiger partial charge on any atom is 0.240 e. The van der Waals surface area contributed by atoms with Gasteiger partial charge in [-0.05, 0) is 49.7 Å². The largest absolute Gasteiger partial charge is 0.334 e. The van der Waals surface area contributed by atoms with Crippen molar-refractivity contribution in [1.82, 2.24) is 4.90 Å². The molecule has 3 nitrogen and oxygen atoms in total. The van der Waals surface area contributed by atoms with Gasteiger partial charge in [0.05, 0.1) is 6.04 Å². The molecule has 2 N–H and O–H groups in total. The SMILES string of the molecule is CSCC[C@@H](N)C(=O)N(Cc1ccccc1)C(C)C1CC1. The molecule has 21 heavy (non-hydrogen) atoms. The van der Waals surface area contributed by atoms with E-state index in [1.165, 1.54) is 18.4 Å². The van der Waals surface area contributed by atoms with E-state index < -0.39 is 0 Å². The maximum absolute atomic E-state index is 12.7. The summed E-state index contributed by atoms with van der Waals surface area (Å²) in [5.74, 6) is 1.70.